The number of hydrogen-bond donors (Lipinski definition) is 0. The van der Waals surface area contributed by atoms with Crippen LogP contribution in [-0.2, 0) is 18.0 Å². The minimum Gasteiger partial charge on any atom is -0.365 e. The molecule has 0 bridgehead atoms. The van der Waals surface area contributed by atoms with E-state index in [1.54, 1.807) is 20.0 Å². The first kappa shape index (κ1) is 21.8. The van der Waals surface area contributed by atoms with Gasteiger partial charge in [0.15, 0.2) is 6.10 Å². The Bertz CT molecular complexity index is 1220. The lowest BCUT2D eigenvalue weighted by Gasteiger charge is -2.31. The molecule has 0 unspecified atom stereocenters. The predicted molar refractivity (Wildman–Crippen MR) is 106 cm³/mol. The highest BCUT2D eigenvalue weighted by atomic mass is 19.4. The largest absolute Gasteiger partial charge is 0.416 e. The summed E-state index contributed by atoms with van der Waals surface area (Å²) in [7, 11) is 1.59. The SMILES string of the molecule is Cc1ccc(C(=O)N2CCO[C@@H](c3nc(-c4cccc(C(F)(F)F)c4)no3)C2)c(=O)n1C. The van der Waals surface area contributed by atoms with E-state index in [0.29, 0.717) is 0 Å². The van der Waals surface area contributed by atoms with Crippen molar-refractivity contribution in [2.75, 3.05) is 19.7 Å². The van der Waals surface area contributed by atoms with Crippen molar-refractivity contribution in [2.24, 2.45) is 7.05 Å². The molecule has 2 aromatic heterocycles. The number of carbonyl (C=O) groups is 1. The van der Waals surface area contributed by atoms with E-state index in [2.05, 4.69) is 10.1 Å². The van der Waals surface area contributed by atoms with Gasteiger partial charge in [0.25, 0.3) is 17.4 Å². The molecule has 1 aliphatic rings. The Morgan fingerprint density at radius 2 is 2.00 bits per heavy atom. The second kappa shape index (κ2) is 8.23. The maximum atomic E-state index is 13.0. The number of hydrogen-bond acceptors (Lipinski definition) is 6. The molecule has 32 heavy (non-hydrogen) atoms. The highest BCUT2D eigenvalue weighted by Gasteiger charge is 2.33. The number of morpholine rings is 1. The van der Waals surface area contributed by atoms with Crippen LogP contribution in [0.5, 0.6) is 0 Å². The summed E-state index contributed by atoms with van der Waals surface area (Å²) in [6.07, 6.45) is -5.27. The monoisotopic (exact) mass is 448 g/mol. The average molecular weight is 448 g/mol. The molecule has 0 saturated carbocycles. The van der Waals surface area contributed by atoms with Crippen LogP contribution in [0.2, 0.25) is 0 Å². The second-order valence-corrected chi connectivity index (χ2v) is 7.40. The maximum Gasteiger partial charge on any atom is 0.416 e. The fourth-order valence-electron chi connectivity index (χ4n) is 3.36. The molecule has 0 N–H and O–H groups in total. The van der Waals surface area contributed by atoms with Crippen molar-refractivity contribution in [1.82, 2.24) is 19.6 Å². The molecule has 0 spiro atoms. The summed E-state index contributed by atoms with van der Waals surface area (Å²) in [4.78, 5) is 31.0. The standard InChI is InChI=1S/C21H19F3N4O4/c1-12-6-7-15(19(29)27(12)2)20(30)28-8-9-31-16(11-28)18-25-17(26-32-18)13-4-3-5-14(10-13)21(22,23)24/h3-7,10,16H,8-9,11H2,1-2H3/t16-/m1/s1. The molecule has 0 aliphatic carbocycles. The third-order valence-corrected chi connectivity index (χ3v) is 5.30. The van der Waals surface area contributed by atoms with Gasteiger partial charge in [-0.1, -0.05) is 17.3 Å². The summed E-state index contributed by atoms with van der Waals surface area (Å²) in [5.74, 6) is -0.436. The topological polar surface area (TPSA) is 90.5 Å². The van der Waals surface area contributed by atoms with Gasteiger partial charge in [0.05, 0.1) is 18.7 Å². The third-order valence-electron chi connectivity index (χ3n) is 5.30. The van der Waals surface area contributed by atoms with Crippen molar-refractivity contribution in [1.29, 1.82) is 0 Å². The lowest BCUT2D eigenvalue weighted by Crippen LogP contribution is -2.44. The molecule has 8 nitrogen and oxygen atoms in total. The van der Waals surface area contributed by atoms with Crippen LogP contribution in [0.1, 0.15) is 33.6 Å². The predicted octanol–water partition coefficient (Wildman–Crippen LogP) is 2.98. The summed E-state index contributed by atoms with van der Waals surface area (Å²) < 4.78 is 51.1. The number of pyridine rings is 1. The molecule has 3 aromatic rings. The smallest absolute Gasteiger partial charge is 0.365 e. The van der Waals surface area contributed by atoms with Gasteiger partial charge < -0.3 is 18.7 Å². The van der Waals surface area contributed by atoms with Crippen molar-refractivity contribution in [2.45, 2.75) is 19.2 Å². The van der Waals surface area contributed by atoms with E-state index in [9.17, 15) is 22.8 Å². The van der Waals surface area contributed by atoms with E-state index in [0.717, 1.165) is 17.8 Å². The summed E-state index contributed by atoms with van der Waals surface area (Å²) in [6, 6.07) is 7.75. The highest BCUT2D eigenvalue weighted by Crippen LogP contribution is 2.32. The number of halogens is 3. The molecule has 1 atom stereocenters. The lowest BCUT2D eigenvalue weighted by molar-refractivity contribution is -0.137. The average Bonchev–Trinajstić information content (AvgIpc) is 3.27. The van der Waals surface area contributed by atoms with Crippen LogP contribution >= 0.6 is 0 Å². The molecule has 4 rings (SSSR count). The first-order valence-corrected chi connectivity index (χ1v) is 9.74. The van der Waals surface area contributed by atoms with Crippen molar-refractivity contribution in [3.63, 3.8) is 0 Å². The molecular weight excluding hydrogens is 429 g/mol. The molecule has 11 heteroatoms. The molecule has 3 heterocycles. The van der Waals surface area contributed by atoms with Crippen LogP contribution in [0.25, 0.3) is 11.4 Å². The zero-order valence-electron chi connectivity index (χ0n) is 17.2. The molecule has 1 aliphatic heterocycles. The first-order chi connectivity index (χ1) is 15.1. The summed E-state index contributed by atoms with van der Waals surface area (Å²) in [6.45, 7) is 2.25. The summed E-state index contributed by atoms with van der Waals surface area (Å²) in [5.41, 5.74) is -0.329. The Morgan fingerprint density at radius 3 is 2.75 bits per heavy atom. The summed E-state index contributed by atoms with van der Waals surface area (Å²) in [5, 5.41) is 3.76. The number of rotatable bonds is 3. The number of carbonyl (C=O) groups excluding carboxylic acids is 1. The van der Waals surface area contributed by atoms with Crippen LogP contribution in [0.4, 0.5) is 13.2 Å². The van der Waals surface area contributed by atoms with E-state index in [1.165, 1.54) is 27.7 Å². The molecular formula is C21H19F3N4O4. The molecule has 1 amide bonds. The van der Waals surface area contributed by atoms with Gasteiger partial charge in [-0.25, -0.2) is 0 Å². The second-order valence-electron chi connectivity index (χ2n) is 7.40. The van der Waals surface area contributed by atoms with Crippen molar-refractivity contribution >= 4 is 5.91 Å². The van der Waals surface area contributed by atoms with Gasteiger partial charge in [0.2, 0.25) is 5.82 Å². The number of ether oxygens (including phenoxy) is 1. The van der Waals surface area contributed by atoms with E-state index in [1.807, 2.05) is 0 Å². The lowest BCUT2D eigenvalue weighted by atomic mass is 10.1. The van der Waals surface area contributed by atoms with Crippen LogP contribution in [-0.4, -0.2) is 45.2 Å². The normalized spacial score (nSPS) is 16.9. The third kappa shape index (κ3) is 4.15. The fraction of sp³-hybridized carbons (Fsp3) is 0.333. The zero-order chi connectivity index (χ0) is 23.0. The van der Waals surface area contributed by atoms with Crippen molar-refractivity contribution in [3.05, 3.63) is 69.5 Å². The Hall–Kier alpha value is -3.47. The molecule has 1 fully saturated rings. The van der Waals surface area contributed by atoms with Gasteiger partial charge in [0, 0.05) is 24.8 Å². The zero-order valence-corrected chi connectivity index (χ0v) is 17.2. The number of alkyl halides is 3. The minimum atomic E-state index is -4.50. The van der Waals surface area contributed by atoms with Gasteiger partial charge in [-0.3, -0.25) is 9.59 Å². The Kier molecular flexibility index (Phi) is 5.59. The van der Waals surface area contributed by atoms with Gasteiger partial charge in [-0.15, -0.1) is 0 Å². The number of nitrogens with zero attached hydrogens (tertiary/aromatic N) is 4. The summed E-state index contributed by atoms with van der Waals surface area (Å²) >= 11 is 0. The minimum absolute atomic E-state index is 0.0226. The van der Waals surface area contributed by atoms with Crippen molar-refractivity contribution in [3.8, 4) is 11.4 Å². The number of benzene rings is 1. The number of aromatic nitrogens is 3. The maximum absolute atomic E-state index is 13.0. The van der Waals surface area contributed by atoms with E-state index >= 15 is 0 Å². The quantitative estimate of drug-likeness (QED) is 0.612. The molecule has 1 aromatic carbocycles. The van der Waals surface area contributed by atoms with Crippen LogP contribution < -0.4 is 5.56 Å². The van der Waals surface area contributed by atoms with Crippen LogP contribution in [0.15, 0.2) is 45.7 Å². The van der Waals surface area contributed by atoms with Gasteiger partial charge >= 0.3 is 6.18 Å². The Labute approximate surface area is 180 Å². The number of amides is 1. The van der Waals surface area contributed by atoms with Gasteiger partial charge in [-0.05, 0) is 31.2 Å². The fourth-order valence-corrected chi connectivity index (χ4v) is 3.36. The van der Waals surface area contributed by atoms with Gasteiger partial charge in [-0.2, -0.15) is 18.2 Å². The number of aryl methyl sites for hydroxylation is 1. The Balaban J connectivity index is 1.54. The highest BCUT2D eigenvalue weighted by molar-refractivity contribution is 5.94. The van der Waals surface area contributed by atoms with Gasteiger partial charge in [0.1, 0.15) is 5.56 Å². The van der Waals surface area contributed by atoms with Crippen LogP contribution in [0, 0.1) is 6.92 Å². The van der Waals surface area contributed by atoms with E-state index in [-0.39, 0.29) is 42.5 Å². The molecule has 0 radical (unpaired) electrons. The first-order valence-electron chi connectivity index (χ1n) is 9.74. The molecule has 1 saturated heterocycles. The Morgan fingerprint density at radius 1 is 1.22 bits per heavy atom. The van der Waals surface area contributed by atoms with E-state index < -0.39 is 29.3 Å². The van der Waals surface area contributed by atoms with Crippen molar-refractivity contribution < 1.29 is 27.2 Å². The van der Waals surface area contributed by atoms with Crippen LogP contribution in [0.3, 0.4) is 0 Å². The molecule has 168 valence electrons. The van der Waals surface area contributed by atoms with E-state index in [4.69, 9.17) is 9.26 Å².